The maximum Gasteiger partial charge on any atom is 0.251 e. The number of rotatable bonds is 8. The number of hydrogen-bond acceptors (Lipinski definition) is 7. The molecule has 0 bridgehead atoms. The van der Waals surface area contributed by atoms with Gasteiger partial charge in [0.2, 0.25) is 16.0 Å². The summed E-state index contributed by atoms with van der Waals surface area (Å²) in [6.07, 6.45) is 1.92. The fourth-order valence-corrected chi connectivity index (χ4v) is 5.18. The van der Waals surface area contributed by atoms with Crippen LogP contribution >= 0.6 is 11.6 Å². The lowest BCUT2D eigenvalue weighted by Crippen LogP contribution is -2.40. The molecule has 39 heavy (non-hydrogen) atoms. The highest BCUT2D eigenvalue weighted by molar-refractivity contribution is 7.91. The molecule has 1 N–H and O–H groups in total. The van der Waals surface area contributed by atoms with Gasteiger partial charge in [0, 0.05) is 37.5 Å². The van der Waals surface area contributed by atoms with E-state index in [1.54, 1.807) is 23.1 Å². The van der Waals surface area contributed by atoms with Crippen LogP contribution in [0.15, 0.2) is 48.7 Å². The van der Waals surface area contributed by atoms with Crippen molar-refractivity contribution in [3.05, 3.63) is 76.1 Å². The highest BCUT2D eigenvalue weighted by atomic mass is 35.5. The zero-order valence-electron chi connectivity index (χ0n) is 21.7. The number of hydrogen-bond donors (Lipinski definition) is 1. The van der Waals surface area contributed by atoms with Gasteiger partial charge in [-0.2, -0.15) is 5.26 Å². The number of ether oxygens (including phenoxy) is 1. The molecule has 0 amide bonds. The number of piperidine rings is 1. The summed E-state index contributed by atoms with van der Waals surface area (Å²) in [6, 6.07) is 14.8. The van der Waals surface area contributed by atoms with Crippen molar-refractivity contribution in [3.63, 3.8) is 0 Å². The van der Waals surface area contributed by atoms with Gasteiger partial charge in [0.05, 0.1) is 28.2 Å². The van der Waals surface area contributed by atoms with E-state index in [-0.39, 0.29) is 38.5 Å². The summed E-state index contributed by atoms with van der Waals surface area (Å²) in [5.74, 6) is -2.14. The molecule has 0 spiro atoms. The van der Waals surface area contributed by atoms with Crippen molar-refractivity contribution >= 4 is 33.3 Å². The molecule has 8 nitrogen and oxygen atoms in total. The lowest BCUT2D eigenvalue weighted by atomic mass is 9.77. The van der Waals surface area contributed by atoms with Crippen LogP contribution in [0.4, 0.5) is 20.4 Å². The average Bonchev–Trinajstić information content (AvgIpc) is 2.87. The van der Waals surface area contributed by atoms with E-state index in [0.717, 1.165) is 17.4 Å². The summed E-state index contributed by atoms with van der Waals surface area (Å²) in [5, 5.41) is 10.2. The maximum absolute atomic E-state index is 13.7. The SMILES string of the molecule is CC(C)(c1ccc(OCc2ccnc(NS(C)(=O)=O)n2)cc1)c1cc(Cl)c(N2CCC(F)(F)CC2)c(C#N)c1. The minimum atomic E-state index is -3.49. The topological polar surface area (TPSA) is 108 Å². The Bertz CT molecular complexity index is 1500. The first-order valence-electron chi connectivity index (χ1n) is 12.2. The van der Waals surface area contributed by atoms with Crippen molar-refractivity contribution in [1.29, 1.82) is 5.26 Å². The molecule has 1 saturated heterocycles. The molecule has 4 rings (SSSR count). The number of sulfonamides is 1. The van der Waals surface area contributed by atoms with Crippen LogP contribution in [0, 0.1) is 11.3 Å². The van der Waals surface area contributed by atoms with Crippen LogP contribution in [-0.2, 0) is 22.0 Å². The van der Waals surface area contributed by atoms with Gasteiger partial charge in [0.25, 0.3) is 5.92 Å². The lowest BCUT2D eigenvalue weighted by molar-refractivity contribution is -0.0220. The van der Waals surface area contributed by atoms with Crippen LogP contribution in [0.25, 0.3) is 0 Å². The molecule has 206 valence electrons. The Balaban J connectivity index is 1.49. The number of nitrogens with one attached hydrogen (secondary N) is 1. The molecule has 0 unspecified atom stereocenters. The smallest absolute Gasteiger partial charge is 0.251 e. The maximum atomic E-state index is 13.7. The van der Waals surface area contributed by atoms with Crippen LogP contribution < -0.4 is 14.4 Å². The summed E-state index contributed by atoms with van der Waals surface area (Å²) in [5.41, 5.74) is 2.58. The van der Waals surface area contributed by atoms with E-state index in [1.165, 1.54) is 6.20 Å². The predicted octanol–water partition coefficient (Wildman–Crippen LogP) is 5.51. The van der Waals surface area contributed by atoms with Crippen molar-refractivity contribution in [2.45, 2.75) is 44.6 Å². The Labute approximate surface area is 231 Å². The molecule has 1 aromatic heterocycles. The van der Waals surface area contributed by atoms with E-state index < -0.39 is 21.4 Å². The second kappa shape index (κ2) is 10.9. The first-order chi connectivity index (χ1) is 18.3. The van der Waals surface area contributed by atoms with Gasteiger partial charge < -0.3 is 9.64 Å². The monoisotopic (exact) mass is 575 g/mol. The Hall–Kier alpha value is -3.49. The van der Waals surface area contributed by atoms with Gasteiger partial charge in [-0.3, -0.25) is 4.72 Å². The second-order valence-corrected chi connectivity index (χ2v) is 12.1. The van der Waals surface area contributed by atoms with E-state index in [9.17, 15) is 22.5 Å². The quantitative estimate of drug-likeness (QED) is 0.377. The van der Waals surface area contributed by atoms with Crippen LogP contribution in [0.5, 0.6) is 5.75 Å². The molecule has 1 aliphatic heterocycles. The molecule has 0 saturated carbocycles. The van der Waals surface area contributed by atoms with Gasteiger partial charge in [-0.25, -0.2) is 27.2 Å². The van der Waals surface area contributed by atoms with Gasteiger partial charge in [-0.05, 0) is 41.5 Å². The minimum Gasteiger partial charge on any atom is -0.487 e. The molecule has 0 aliphatic carbocycles. The predicted molar refractivity (Wildman–Crippen MR) is 146 cm³/mol. The van der Waals surface area contributed by atoms with Crippen LogP contribution in [0.3, 0.4) is 0 Å². The molecule has 0 radical (unpaired) electrons. The van der Waals surface area contributed by atoms with E-state index in [4.69, 9.17) is 16.3 Å². The van der Waals surface area contributed by atoms with Gasteiger partial charge in [-0.15, -0.1) is 0 Å². The number of alkyl halides is 2. The molecule has 2 heterocycles. The van der Waals surface area contributed by atoms with Crippen LogP contribution in [0.2, 0.25) is 5.02 Å². The molecule has 3 aromatic rings. The standard InChI is InChI=1S/C27H28ClF2N5O3S/c1-26(2,20-14-18(16-31)24(23(28)15-20)35-12-9-27(29,30)10-13-35)19-4-6-22(7-5-19)38-17-21-8-11-32-25(33-21)34-39(3,36)37/h4-8,11,14-15H,9-10,12-13,17H2,1-3H3,(H,32,33,34). The summed E-state index contributed by atoms with van der Waals surface area (Å²) in [6.45, 7) is 4.39. The third-order valence-electron chi connectivity index (χ3n) is 6.67. The number of benzene rings is 2. The summed E-state index contributed by atoms with van der Waals surface area (Å²) < 4.78 is 58.2. The third-order valence-corrected chi connectivity index (χ3v) is 7.51. The van der Waals surface area contributed by atoms with Gasteiger partial charge >= 0.3 is 0 Å². The third kappa shape index (κ3) is 6.94. The van der Waals surface area contributed by atoms with Crippen molar-refractivity contribution in [1.82, 2.24) is 9.97 Å². The second-order valence-electron chi connectivity index (χ2n) is 9.99. The number of anilines is 2. The number of aromatic nitrogens is 2. The van der Waals surface area contributed by atoms with Gasteiger partial charge in [-0.1, -0.05) is 37.6 Å². The Kier molecular flexibility index (Phi) is 8.00. The zero-order chi connectivity index (χ0) is 28.4. The molecule has 0 atom stereocenters. The van der Waals surface area contributed by atoms with Crippen molar-refractivity contribution in [3.8, 4) is 11.8 Å². The van der Waals surface area contributed by atoms with E-state index in [2.05, 4.69) is 20.8 Å². The molecule has 1 aliphatic rings. The number of halogens is 3. The Morgan fingerprint density at radius 1 is 1.15 bits per heavy atom. The van der Waals surface area contributed by atoms with E-state index >= 15 is 0 Å². The highest BCUT2D eigenvalue weighted by Gasteiger charge is 2.36. The summed E-state index contributed by atoms with van der Waals surface area (Å²) >= 11 is 6.63. The van der Waals surface area contributed by atoms with Crippen molar-refractivity contribution in [2.75, 3.05) is 29.0 Å². The van der Waals surface area contributed by atoms with Crippen LogP contribution in [-0.4, -0.2) is 43.7 Å². The fraction of sp³-hybridized carbons (Fsp3) is 0.370. The van der Waals surface area contributed by atoms with E-state index in [0.29, 0.717) is 27.7 Å². The zero-order valence-corrected chi connectivity index (χ0v) is 23.3. The molecule has 1 fully saturated rings. The Morgan fingerprint density at radius 2 is 1.82 bits per heavy atom. The number of nitriles is 1. The van der Waals surface area contributed by atoms with Crippen LogP contribution in [0.1, 0.15) is 49.1 Å². The van der Waals surface area contributed by atoms with E-state index in [1.807, 2.05) is 38.1 Å². The summed E-state index contributed by atoms with van der Waals surface area (Å²) in [4.78, 5) is 9.78. The molecular formula is C27H28ClF2N5O3S. The largest absolute Gasteiger partial charge is 0.487 e. The lowest BCUT2D eigenvalue weighted by Gasteiger charge is -2.35. The molecule has 2 aromatic carbocycles. The molecular weight excluding hydrogens is 548 g/mol. The first-order valence-corrected chi connectivity index (χ1v) is 14.4. The normalized spacial score (nSPS) is 15.5. The first kappa shape index (κ1) is 28.5. The summed E-state index contributed by atoms with van der Waals surface area (Å²) in [7, 11) is -3.49. The highest BCUT2D eigenvalue weighted by Crippen LogP contribution is 2.41. The van der Waals surface area contributed by atoms with Gasteiger partial charge in [0.15, 0.2) is 0 Å². The Morgan fingerprint density at radius 3 is 2.44 bits per heavy atom. The average molecular weight is 576 g/mol. The van der Waals surface area contributed by atoms with Crippen molar-refractivity contribution < 1.29 is 21.9 Å². The van der Waals surface area contributed by atoms with Gasteiger partial charge in [0.1, 0.15) is 18.4 Å². The van der Waals surface area contributed by atoms with Crippen molar-refractivity contribution in [2.24, 2.45) is 0 Å². The molecule has 12 heteroatoms. The minimum absolute atomic E-state index is 0.0321. The fourth-order valence-electron chi connectivity index (χ4n) is 4.41. The number of nitrogens with zero attached hydrogens (tertiary/aromatic N) is 4.